The first-order valence-corrected chi connectivity index (χ1v) is 8.06. The van der Waals surface area contributed by atoms with Gasteiger partial charge in [-0.05, 0) is 30.3 Å². The van der Waals surface area contributed by atoms with Crippen molar-refractivity contribution in [1.29, 1.82) is 0 Å². The van der Waals surface area contributed by atoms with Crippen LogP contribution in [-0.2, 0) is 0 Å². The van der Waals surface area contributed by atoms with Gasteiger partial charge in [0.15, 0.2) is 0 Å². The summed E-state index contributed by atoms with van der Waals surface area (Å²) < 4.78 is 21.2. The molecule has 2 aromatic carbocycles. The third-order valence-corrected chi connectivity index (χ3v) is 4.05. The van der Waals surface area contributed by atoms with Crippen molar-refractivity contribution < 1.29 is 9.13 Å². The molecule has 0 saturated heterocycles. The van der Waals surface area contributed by atoms with E-state index >= 15 is 0 Å². The quantitative estimate of drug-likeness (QED) is 0.514. The van der Waals surface area contributed by atoms with E-state index in [2.05, 4.69) is 21.8 Å². The molecule has 0 bridgehead atoms. The number of ether oxygens (including phenoxy) is 1. The van der Waals surface area contributed by atoms with Gasteiger partial charge in [-0.3, -0.25) is 0 Å². The molecule has 7 heteroatoms. The van der Waals surface area contributed by atoms with Gasteiger partial charge in [0.1, 0.15) is 18.2 Å². The predicted molar refractivity (Wildman–Crippen MR) is 98.4 cm³/mol. The molecule has 0 amide bonds. The van der Waals surface area contributed by atoms with E-state index in [9.17, 15) is 4.39 Å². The Morgan fingerprint density at radius 1 is 1.19 bits per heavy atom. The molecule has 0 aliphatic carbocycles. The molecule has 0 unspecified atom stereocenters. The molecule has 0 N–H and O–H groups in total. The predicted octanol–water partition coefficient (Wildman–Crippen LogP) is 3.75. The molecule has 0 radical (unpaired) electrons. The van der Waals surface area contributed by atoms with Crippen LogP contribution in [0.5, 0.6) is 6.01 Å². The van der Waals surface area contributed by atoms with Crippen molar-refractivity contribution in [2.24, 2.45) is 0 Å². The summed E-state index contributed by atoms with van der Waals surface area (Å²) in [6.45, 7) is 3.92. The van der Waals surface area contributed by atoms with Crippen LogP contribution in [0.25, 0.3) is 16.7 Å². The van der Waals surface area contributed by atoms with E-state index in [4.69, 9.17) is 4.74 Å². The van der Waals surface area contributed by atoms with Crippen LogP contribution >= 0.6 is 0 Å². The number of hydrogen-bond acceptors (Lipinski definition) is 5. The lowest BCUT2D eigenvalue weighted by atomic mass is 10.2. The van der Waals surface area contributed by atoms with Gasteiger partial charge in [-0.2, -0.15) is 4.98 Å². The van der Waals surface area contributed by atoms with E-state index in [1.165, 1.54) is 12.1 Å². The van der Waals surface area contributed by atoms with E-state index < -0.39 is 0 Å². The lowest BCUT2D eigenvalue weighted by Gasteiger charge is -2.20. The SMILES string of the molecule is C=CCOc1nnc2nc(N(C)c3ccccc3)c3cc(F)ccc3n12. The van der Waals surface area contributed by atoms with Crippen LogP contribution in [0.1, 0.15) is 0 Å². The largest absolute Gasteiger partial charge is 0.459 e. The molecule has 26 heavy (non-hydrogen) atoms. The Balaban J connectivity index is 1.98. The molecule has 0 spiro atoms. The van der Waals surface area contributed by atoms with Gasteiger partial charge >= 0.3 is 6.01 Å². The van der Waals surface area contributed by atoms with Crippen molar-refractivity contribution in [3.63, 3.8) is 0 Å². The fraction of sp³-hybridized carbons (Fsp3) is 0.105. The van der Waals surface area contributed by atoms with Gasteiger partial charge in [0.05, 0.1) is 5.52 Å². The maximum absolute atomic E-state index is 14.0. The number of halogens is 1. The molecule has 0 saturated carbocycles. The van der Waals surface area contributed by atoms with E-state index in [1.807, 2.05) is 42.3 Å². The second-order valence-electron chi connectivity index (χ2n) is 5.71. The average Bonchev–Trinajstić information content (AvgIpc) is 3.08. The highest BCUT2D eigenvalue weighted by molar-refractivity contribution is 5.93. The number of hydrogen-bond donors (Lipinski definition) is 0. The van der Waals surface area contributed by atoms with Crippen LogP contribution < -0.4 is 9.64 Å². The smallest absolute Gasteiger partial charge is 0.323 e. The Morgan fingerprint density at radius 3 is 2.77 bits per heavy atom. The zero-order valence-corrected chi connectivity index (χ0v) is 14.1. The molecule has 0 atom stereocenters. The third kappa shape index (κ3) is 2.63. The van der Waals surface area contributed by atoms with E-state index in [1.54, 1.807) is 16.5 Å². The van der Waals surface area contributed by atoms with Gasteiger partial charge in [0.25, 0.3) is 5.78 Å². The Kier molecular flexibility index (Phi) is 3.96. The molecular weight excluding hydrogens is 333 g/mol. The molecular formula is C19H16FN5O. The van der Waals surface area contributed by atoms with Crippen molar-refractivity contribution in [2.45, 2.75) is 0 Å². The summed E-state index contributed by atoms with van der Waals surface area (Å²) in [6, 6.07) is 14.5. The monoisotopic (exact) mass is 349 g/mol. The maximum Gasteiger partial charge on any atom is 0.323 e. The summed E-state index contributed by atoms with van der Waals surface area (Å²) >= 11 is 0. The average molecular weight is 349 g/mol. The van der Waals surface area contributed by atoms with Crippen molar-refractivity contribution in [3.05, 3.63) is 67.0 Å². The highest BCUT2D eigenvalue weighted by atomic mass is 19.1. The van der Waals surface area contributed by atoms with Gasteiger partial charge in [-0.15, -0.1) is 5.10 Å². The second-order valence-corrected chi connectivity index (χ2v) is 5.71. The number of anilines is 2. The van der Waals surface area contributed by atoms with Gasteiger partial charge < -0.3 is 9.64 Å². The normalized spacial score (nSPS) is 11.0. The Morgan fingerprint density at radius 2 is 2.00 bits per heavy atom. The zero-order chi connectivity index (χ0) is 18.1. The molecule has 0 aliphatic heterocycles. The first kappa shape index (κ1) is 16.0. The second kappa shape index (κ2) is 6.44. The topological polar surface area (TPSA) is 55.6 Å². The fourth-order valence-corrected chi connectivity index (χ4v) is 2.84. The summed E-state index contributed by atoms with van der Waals surface area (Å²) in [7, 11) is 1.88. The van der Waals surface area contributed by atoms with Gasteiger partial charge in [0, 0.05) is 18.1 Å². The van der Waals surface area contributed by atoms with Gasteiger partial charge in [-0.25, -0.2) is 8.79 Å². The van der Waals surface area contributed by atoms with E-state index in [-0.39, 0.29) is 18.4 Å². The third-order valence-electron chi connectivity index (χ3n) is 4.05. The molecule has 4 rings (SSSR count). The van der Waals surface area contributed by atoms with E-state index in [0.717, 1.165) is 5.69 Å². The number of rotatable bonds is 5. The summed E-state index contributed by atoms with van der Waals surface area (Å²) in [4.78, 5) is 6.48. The first-order chi connectivity index (χ1) is 12.7. The summed E-state index contributed by atoms with van der Waals surface area (Å²) in [5.74, 6) is 0.616. The van der Waals surface area contributed by atoms with Crippen LogP contribution in [0.2, 0.25) is 0 Å². The zero-order valence-electron chi connectivity index (χ0n) is 14.1. The van der Waals surface area contributed by atoms with Crippen LogP contribution in [0.15, 0.2) is 61.2 Å². The minimum absolute atomic E-state index is 0.287. The standard InChI is InChI=1S/C19H16FN5O/c1-3-11-26-19-23-22-18-21-17(24(2)14-7-5-4-6-8-14)15-12-13(20)9-10-16(15)25(18)19/h3-10,12H,1,11H2,2H3. The van der Waals surface area contributed by atoms with Crippen LogP contribution in [0.3, 0.4) is 0 Å². The lowest BCUT2D eigenvalue weighted by molar-refractivity contribution is 0.331. The fourth-order valence-electron chi connectivity index (χ4n) is 2.84. The molecule has 4 aromatic rings. The van der Waals surface area contributed by atoms with Gasteiger partial charge in [0.2, 0.25) is 0 Å². The molecule has 130 valence electrons. The number of benzene rings is 2. The minimum atomic E-state index is -0.344. The Hall–Kier alpha value is -3.48. The molecule has 0 aliphatic rings. The molecule has 6 nitrogen and oxygen atoms in total. The summed E-state index contributed by atoms with van der Waals surface area (Å²) in [6.07, 6.45) is 1.62. The maximum atomic E-state index is 14.0. The molecule has 0 fully saturated rings. The van der Waals surface area contributed by atoms with Gasteiger partial charge in [-0.1, -0.05) is 36.0 Å². The first-order valence-electron chi connectivity index (χ1n) is 8.06. The van der Waals surface area contributed by atoms with Crippen molar-refractivity contribution >= 4 is 28.2 Å². The number of para-hydroxylation sites is 1. The number of fused-ring (bicyclic) bond motifs is 3. The Bertz CT molecular complexity index is 1090. The van der Waals surface area contributed by atoms with Crippen LogP contribution in [0.4, 0.5) is 15.9 Å². The minimum Gasteiger partial charge on any atom is -0.459 e. The number of aromatic nitrogens is 4. The number of nitrogens with zero attached hydrogens (tertiary/aromatic N) is 5. The Labute approximate surface area is 149 Å². The summed E-state index contributed by atoms with van der Waals surface area (Å²) in [5, 5.41) is 8.78. The molecule has 2 aromatic heterocycles. The van der Waals surface area contributed by atoms with Crippen LogP contribution in [-0.4, -0.2) is 33.2 Å². The van der Waals surface area contributed by atoms with Crippen molar-refractivity contribution in [1.82, 2.24) is 19.6 Å². The van der Waals surface area contributed by atoms with Crippen LogP contribution in [0, 0.1) is 5.82 Å². The highest BCUT2D eigenvalue weighted by Gasteiger charge is 2.18. The van der Waals surface area contributed by atoms with E-state index in [0.29, 0.717) is 22.5 Å². The highest BCUT2D eigenvalue weighted by Crippen LogP contribution is 2.31. The lowest BCUT2D eigenvalue weighted by Crippen LogP contribution is -2.13. The molecule has 2 heterocycles. The van der Waals surface area contributed by atoms with Crippen molar-refractivity contribution in [2.75, 3.05) is 18.6 Å². The summed E-state index contributed by atoms with van der Waals surface area (Å²) in [5.41, 5.74) is 1.64. The van der Waals surface area contributed by atoms with Crippen molar-refractivity contribution in [3.8, 4) is 6.01 Å².